The molecule has 2 nitrogen and oxygen atoms in total. The van der Waals surface area contributed by atoms with Crippen LogP contribution < -0.4 is 5.09 Å². The van der Waals surface area contributed by atoms with Gasteiger partial charge in [0.25, 0.3) is 0 Å². The van der Waals surface area contributed by atoms with Crippen molar-refractivity contribution < 1.29 is 13.9 Å². The predicted octanol–water partition coefficient (Wildman–Crippen LogP) is 2.32. The van der Waals surface area contributed by atoms with Crippen LogP contribution in [0.5, 0.6) is 0 Å². The average molecular weight is 245 g/mol. The average Bonchev–Trinajstić information content (AvgIpc) is 2.28. The topological polar surface area (TPSA) is 32.3 Å². The molecule has 2 unspecified atom stereocenters. The molecule has 0 spiro atoms. The van der Waals surface area contributed by atoms with E-state index in [-0.39, 0.29) is 5.56 Å². The van der Waals surface area contributed by atoms with Crippen molar-refractivity contribution in [3.63, 3.8) is 0 Å². The van der Waals surface area contributed by atoms with Crippen molar-refractivity contribution in [1.29, 1.82) is 0 Å². The summed E-state index contributed by atoms with van der Waals surface area (Å²) in [6.07, 6.45) is 0.925. The molecule has 0 amide bonds. The molecule has 1 rings (SSSR count). The highest BCUT2D eigenvalue weighted by molar-refractivity contribution is 7.13. The summed E-state index contributed by atoms with van der Waals surface area (Å²) in [4.78, 5) is 0. The Hall–Kier alpha value is -0.830. The van der Waals surface area contributed by atoms with Gasteiger partial charge in [-0.05, 0) is 24.6 Å². The highest BCUT2D eigenvalue weighted by Crippen LogP contribution is 2.23. The van der Waals surface area contributed by atoms with Crippen molar-refractivity contribution in [1.82, 2.24) is 5.09 Å². The van der Waals surface area contributed by atoms with Crippen LogP contribution in [-0.2, 0) is 0 Å². The quantitative estimate of drug-likeness (QED) is 0.616. The SMILES string of the molecule is C=CCC(NP)[C@H](O)c1cc(F)ccc1F. The molecule has 0 radical (unpaired) electrons. The smallest absolute Gasteiger partial charge is 0.129 e. The molecule has 0 aliphatic heterocycles. The minimum atomic E-state index is -1.12. The lowest BCUT2D eigenvalue weighted by molar-refractivity contribution is 0.136. The maximum absolute atomic E-state index is 13.4. The number of rotatable bonds is 5. The molecule has 0 aromatic heterocycles. The van der Waals surface area contributed by atoms with Crippen molar-refractivity contribution >= 4 is 9.39 Å². The Morgan fingerprint density at radius 1 is 1.50 bits per heavy atom. The van der Waals surface area contributed by atoms with E-state index in [9.17, 15) is 13.9 Å². The van der Waals surface area contributed by atoms with Gasteiger partial charge in [0.1, 0.15) is 11.6 Å². The molecule has 0 bridgehead atoms. The molecule has 88 valence electrons. The zero-order valence-electron chi connectivity index (χ0n) is 8.66. The first-order chi connectivity index (χ1) is 7.60. The third kappa shape index (κ3) is 3.08. The van der Waals surface area contributed by atoms with Crippen LogP contribution >= 0.6 is 9.39 Å². The molecule has 0 fully saturated rings. The van der Waals surface area contributed by atoms with E-state index in [1.54, 1.807) is 6.08 Å². The van der Waals surface area contributed by atoms with Crippen LogP contribution in [0.3, 0.4) is 0 Å². The Kier molecular flexibility index (Phi) is 5.00. The molecule has 2 N–H and O–H groups in total. The van der Waals surface area contributed by atoms with E-state index in [0.717, 1.165) is 18.2 Å². The number of hydrogen-bond acceptors (Lipinski definition) is 2. The molecule has 0 heterocycles. The molecular formula is C11H14F2NOP. The Balaban J connectivity index is 2.97. The van der Waals surface area contributed by atoms with Crippen LogP contribution in [0.2, 0.25) is 0 Å². The fraction of sp³-hybridized carbons (Fsp3) is 0.273. The van der Waals surface area contributed by atoms with E-state index < -0.39 is 23.8 Å². The Labute approximate surface area is 95.6 Å². The standard InChI is InChI=1S/C11H14F2NOP/c1-2-3-10(14-16)11(15)8-6-7(12)4-5-9(8)13/h2,4-6,10-11,14-15H,1,3,16H2/t10?,11-/m1/s1. The fourth-order valence-corrected chi connectivity index (χ4v) is 1.74. The molecular weight excluding hydrogens is 231 g/mol. The Bertz CT molecular complexity index is 373. The van der Waals surface area contributed by atoms with Crippen molar-refractivity contribution in [2.75, 3.05) is 0 Å². The lowest BCUT2D eigenvalue weighted by atomic mass is 10.00. The van der Waals surface area contributed by atoms with Crippen molar-refractivity contribution in [2.24, 2.45) is 0 Å². The van der Waals surface area contributed by atoms with Crippen molar-refractivity contribution in [2.45, 2.75) is 18.6 Å². The lowest BCUT2D eigenvalue weighted by Gasteiger charge is -2.21. The molecule has 1 aromatic carbocycles. The van der Waals surface area contributed by atoms with Gasteiger partial charge in [-0.2, -0.15) is 0 Å². The van der Waals surface area contributed by atoms with E-state index in [1.807, 2.05) is 0 Å². The highest BCUT2D eigenvalue weighted by atomic mass is 31.0. The molecule has 0 aliphatic carbocycles. The number of aliphatic hydroxyl groups is 1. The molecule has 3 atom stereocenters. The van der Waals surface area contributed by atoms with Gasteiger partial charge >= 0.3 is 0 Å². The van der Waals surface area contributed by atoms with E-state index in [4.69, 9.17) is 0 Å². The second kappa shape index (κ2) is 6.04. The van der Waals surface area contributed by atoms with Crippen molar-refractivity contribution in [3.05, 3.63) is 48.1 Å². The summed E-state index contributed by atoms with van der Waals surface area (Å²) in [5.74, 6) is -1.19. The molecule has 1 aromatic rings. The predicted molar refractivity (Wildman–Crippen MR) is 62.8 cm³/mol. The maximum atomic E-state index is 13.4. The van der Waals surface area contributed by atoms with Gasteiger partial charge in [0, 0.05) is 11.6 Å². The fourth-order valence-electron chi connectivity index (χ4n) is 1.43. The molecule has 0 aliphatic rings. The van der Waals surface area contributed by atoms with Gasteiger partial charge in [-0.3, -0.25) is 5.09 Å². The third-order valence-electron chi connectivity index (χ3n) is 2.29. The number of halogens is 2. The summed E-state index contributed by atoms with van der Waals surface area (Å²) >= 11 is 0. The number of hydrogen-bond donors (Lipinski definition) is 2. The minimum absolute atomic E-state index is 0.0539. The summed E-state index contributed by atoms with van der Waals surface area (Å²) in [7, 11) is 2.24. The second-order valence-electron chi connectivity index (χ2n) is 3.41. The second-order valence-corrected chi connectivity index (χ2v) is 3.74. The van der Waals surface area contributed by atoms with Crippen LogP contribution in [0.25, 0.3) is 0 Å². The zero-order valence-corrected chi connectivity index (χ0v) is 9.81. The van der Waals surface area contributed by atoms with Crippen LogP contribution in [0.15, 0.2) is 30.9 Å². The minimum Gasteiger partial charge on any atom is -0.387 e. The molecule has 0 saturated heterocycles. The van der Waals surface area contributed by atoms with Crippen molar-refractivity contribution in [3.8, 4) is 0 Å². The Morgan fingerprint density at radius 2 is 2.19 bits per heavy atom. The Morgan fingerprint density at radius 3 is 2.75 bits per heavy atom. The first kappa shape index (κ1) is 13.2. The van der Waals surface area contributed by atoms with Gasteiger partial charge < -0.3 is 5.11 Å². The van der Waals surface area contributed by atoms with Crippen LogP contribution in [0, 0.1) is 11.6 Å². The summed E-state index contributed by atoms with van der Waals surface area (Å²) in [5.41, 5.74) is -0.0539. The first-order valence-electron chi connectivity index (χ1n) is 4.80. The number of nitrogens with one attached hydrogen (secondary N) is 1. The molecule has 16 heavy (non-hydrogen) atoms. The van der Waals surface area contributed by atoms with E-state index in [2.05, 4.69) is 21.1 Å². The highest BCUT2D eigenvalue weighted by Gasteiger charge is 2.21. The van der Waals surface area contributed by atoms with Gasteiger partial charge in [0.05, 0.1) is 6.10 Å². The van der Waals surface area contributed by atoms with Gasteiger partial charge in [-0.25, -0.2) is 8.78 Å². The summed E-state index contributed by atoms with van der Waals surface area (Å²) < 4.78 is 26.3. The monoisotopic (exact) mass is 245 g/mol. The van der Waals surface area contributed by atoms with E-state index in [0.29, 0.717) is 6.42 Å². The van der Waals surface area contributed by atoms with Gasteiger partial charge in [-0.15, -0.1) is 6.58 Å². The summed E-state index contributed by atoms with van der Waals surface area (Å²) in [6.45, 7) is 3.54. The number of aliphatic hydroxyl groups excluding tert-OH is 1. The number of benzene rings is 1. The molecule has 0 saturated carbocycles. The summed E-state index contributed by atoms with van der Waals surface area (Å²) in [5, 5.41) is 12.6. The normalized spacial score (nSPS) is 14.5. The van der Waals surface area contributed by atoms with E-state index in [1.165, 1.54) is 0 Å². The molecule has 5 heteroatoms. The first-order valence-corrected chi connectivity index (χ1v) is 5.38. The third-order valence-corrected chi connectivity index (χ3v) is 2.72. The van der Waals surface area contributed by atoms with Gasteiger partial charge in [0.2, 0.25) is 0 Å². The maximum Gasteiger partial charge on any atom is 0.129 e. The zero-order chi connectivity index (χ0) is 12.1. The van der Waals surface area contributed by atoms with Crippen LogP contribution in [-0.4, -0.2) is 11.1 Å². The van der Waals surface area contributed by atoms with Gasteiger partial charge in [0.15, 0.2) is 0 Å². The van der Waals surface area contributed by atoms with E-state index >= 15 is 0 Å². The summed E-state index contributed by atoms with van der Waals surface area (Å²) in [6, 6.07) is 2.60. The largest absolute Gasteiger partial charge is 0.387 e. The lowest BCUT2D eigenvalue weighted by Crippen LogP contribution is -2.28. The van der Waals surface area contributed by atoms with Gasteiger partial charge in [-0.1, -0.05) is 15.5 Å². The van der Waals surface area contributed by atoms with Crippen LogP contribution in [0.4, 0.5) is 8.78 Å². The van der Waals surface area contributed by atoms with Crippen LogP contribution in [0.1, 0.15) is 18.1 Å².